The molecule has 0 atom stereocenters. The molecular formula is C41H80N2O4S. The third-order valence-corrected chi connectivity index (χ3v) is 11.1. The molecule has 0 aromatic rings. The summed E-state index contributed by atoms with van der Waals surface area (Å²) in [5, 5.41) is 0.701. The third kappa shape index (κ3) is 30.2. The summed E-state index contributed by atoms with van der Waals surface area (Å²) in [5.41, 5.74) is 0. The highest BCUT2D eigenvalue weighted by Crippen LogP contribution is 2.20. The summed E-state index contributed by atoms with van der Waals surface area (Å²) in [6.45, 7) is 11.0. The van der Waals surface area contributed by atoms with Crippen LogP contribution in [0.2, 0.25) is 0 Å². The number of nitrogens with one attached hydrogen (secondary N) is 1. The van der Waals surface area contributed by atoms with Gasteiger partial charge in [0.2, 0.25) is 0 Å². The second-order valence-electron chi connectivity index (χ2n) is 14.5. The minimum Gasteiger partial charge on any atom is -0.462 e. The number of aldehydes is 1. The Morgan fingerprint density at radius 1 is 0.708 bits per heavy atom. The highest BCUT2D eigenvalue weighted by atomic mass is 32.2. The summed E-state index contributed by atoms with van der Waals surface area (Å²) in [6.07, 6.45) is 35.4. The van der Waals surface area contributed by atoms with E-state index in [1.54, 1.807) is 0 Å². The van der Waals surface area contributed by atoms with Crippen molar-refractivity contribution in [3.05, 3.63) is 0 Å². The number of ether oxygens (including phenoxy) is 2. The van der Waals surface area contributed by atoms with Gasteiger partial charge in [0.15, 0.2) is 0 Å². The molecule has 1 aliphatic heterocycles. The van der Waals surface area contributed by atoms with E-state index in [0.717, 1.165) is 77.5 Å². The molecule has 0 aliphatic carbocycles. The molecule has 1 aliphatic rings. The first-order valence-corrected chi connectivity index (χ1v) is 21.9. The van der Waals surface area contributed by atoms with Crippen LogP contribution in [0.4, 0.5) is 0 Å². The molecule has 6 nitrogen and oxygen atoms in total. The molecule has 0 bridgehead atoms. The van der Waals surface area contributed by atoms with Crippen LogP contribution in [0.15, 0.2) is 0 Å². The monoisotopic (exact) mass is 697 g/mol. The molecule has 0 spiro atoms. The fourth-order valence-corrected chi connectivity index (χ4v) is 7.65. The fraction of sp³-hybridized carbons (Fsp3) is 0.951. The minimum atomic E-state index is 0.0397. The first kappa shape index (κ1) is 45.4. The summed E-state index contributed by atoms with van der Waals surface area (Å²) in [4.78, 5) is 26.0. The summed E-state index contributed by atoms with van der Waals surface area (Å²) >= 11 is 1.92. The Kier molecular flexibility index (Phi) is 34.2. The van der Waals surface area contributed by atoms with Crippen molar-refractivity contribution < 1.29 is 19.1 Å². The van der Waals surface area contributed by atoms with Crippen LogP contribution < -0.4 is 4.72 Å². The SMILES string of the molecule is CCCCCCCCC(CCCCCCCC)OC(=O)CCCCCCCN(CCCCCCCC=O)CCCNSC1CCOCC1. The van der Waals surface area contributed by atoms with E-state index in [2.05, 4.69) is 23.5 Å². The van der Waals surface area contributed by atoms with Crippen LogP contribution >= 0.6 is 11.9 Å². The van der Waals surface area contributed by atoms with Crippen molar-refractivity contribution in [1.82, 2.24) is 9.62 Å². The molecule has 48 heavy (non-hydrogen) atoms. The first-order valence-electron chi connectivity index (χ1n) is 21.0. The molecule has 0 radical (unpaired) electrons. The van der Waals surface area contributed by atoms with Crippen molar-refractivity contribution in [2.45, 2.75) is 211 Å². The number of nitrogens with zero attached hydrogens (tertiary/aromatic N) is 1. The highest BCUT2D eigenvalue weighted by molar-refractivity contribution is 7.98. The molecule has 1 heterocycles. The van der Waals surface area contributed by atoms with Gasteiger partial charge in [-0.2, -0.15) is 0 Å². The molecular weight excluding hydrogens is 617 g/mol. The van der Waals surface area contributed by atoms with E-state index in [1.807, 2.05) is 11.9 Å². The summed E-state index contributed by atoms with van der Waals surface area (Å²) in [6, 6.07) is 0. The molecule has 1 saturated heterocycles. The predicted octanol–water partition coefficient (Wildman–Crippen LogP) is 11.4. The Morgan fingerprint density at radius 3 is 1.79 bits per heavy atom. The summed E-state index contributed by atoms with van der Waals surface area (Å²) in [5.74, 6) is 0.0397. The van der Waals surface area contributed by atoms with Gasteiger partial charge in [0, 0.05) is 37.9 Å². The molecule has 0 aromatic heterocycles. The van der Waals surface area contributed by atoms with Gasteiger partial charge < -0.3 is 19.2 Å². The number of carbonyl (C=O) groups is 2. The van der Waals surface area contributed by atoms with Crippen LogP contribution in [-0.4, -0.2) is 67.9 Å². The number of carbonyl (C=O) groups excluding carboxylic acids is 2. The van der Waals surface area contributed by atoms with Gasteiger partial charge in [-0.15, -0.1) is 0 Å². The molecule has 7 heteroatoms. The van der Waals surface area contributed by atoms with Gasteiger partial charge >= 0.3 is 5.97 Å². The van der Waals surface area contributed by atoms with Crippen LogP contribution in [0, 0.1) is 0 Å². The first-order chi connectivity index (χ1) is 23.7. The highest BCUT2D eigenvalue weighted by Gasteiger charge is 2.15. The van der Waals surface area contributed by atoms with Gasteiger partial charge in [0.05, 0.1) is 0 Å². The zero-order chi connectivity index (χ0) is 34.6. The lowest BCUT2D eigenvalue weighted by molar-refractivity contribution is -0.150. The van der Waals surface area contributed by atoms with Crippen LogP contribution in [0.5, 0.6) is 0 Å². The molecule has 1 rings (SSSR count). The van der Waals surface area contributed by atoms with Crippen LogP contribution in [0.1, 0.15) is 200 Å². The third-order valence-electron chi connectivity index (χ3n) is 9.88. The fourth-order valence-electron chi connectivity index (χ4n) is 6.72. The van der Waals surface area contributed by atoms with Crippen molar-refractivity contribution in [3.63, 3.8) is 0 Å². The molecule has 0 amide bonds. The van der Waals surface area contributed by atoms with Gasteiger partial charge in [0.1, 0.15) is 12.4 Å². The van der Waals surface area contributed by atoms with Gasteiger partial charge in [-0.25, -0.2) is 0 Å². The Morgan fingerprint density at radius 2 is 1.21 bits per heavy atom. The van der Waals surface area contributed by atoms with E-state index in [-0.39, 0.29) is 12.1 Å². The zero-order valence-corrected chi connectivity index (χ0v) is 32.8. The van der Waals surface area contributed by atoms with Crippen molar-refractivity contribution >= 4 is 24.2 Å². The molecule has 0 aromatic carbocycles. The van der Waals surface area contributed by atoms with Gasteiger partial charge in [-0.3, -0.25) is 9.52 Å². The Hall–Kier alpha value is -0.630. The minimum absolute atomic E-state index is 0.0397. The number of hydrogen-bond donors (Lipinski definition) is 1. The van der Waals surface area contributed by atoms with Gasteiger partial charge in [0.25, 0.3) is 0 Å². The lowest BCUT2D eigenvalue weighted by Crippen LogP contribution is -2.29. The predicted molar refractivity (Wildman–Crippen MR) is 208 cm³/mol. The largest absolute Gasteiger partial charge is 0.462 e. The van der Waals surface area contributed by atoms with Crippen molar-refractivity contribution in [1.29, 1.82) is 0 Å². The Bertz CT molecular complexity index is 675. The number of esters is 1. The quantitative estimate of drug-likeness (QED) is 0.0300. The molecule has 1 N–H and O–H groups in total. The standard InChI is InChI=1S/C41H80N2O4S/c1-3-5-7-9-14-20-27-39(28-21-15-10-8-6-4-2)47-41(45)29-22-16-13-18-24-34-43(33-23-17-11-12-19-25-36-44)35-26-32-42-48-40-30-37-46-38-31-40/h36,39-40,42H,3-35,37-38H2,1-2H3. The second-order valence-corrected chi connectivity index (χ2v) is 15.7. The Labute approximate surface area is 302 Å². The summed E-state index contributed by atoms with van der Waals surface area (Å²) < 4.78 is 15.2. The number of hydrogen-bond acceptors (Lipinski definition) is 7. The summed E-state index contributed by atoms with van der Waals surface area (Å²) in [7, 11) is 0. The lowest BCUT2D eigenvalue weighted by Gasteiger charge is -2.24. The van der Waals surface area contributed by atoms with E-state index < -0.39 is 0 Å². The van der Waals surface area contributed by atoms with Crippen molar-refractivity contribution in [3.8, 4) is 0 Å². The normalized spacial score (nSPS) is 13.9. The average molecular weight is 697 g/mol. The van der Waals surface area contributed by atoms with Crippen LogP contribution in [0.3, 0.4) is 0 Å². The zero-order valence-electron chi connectivity index (χ0n) is 32.0. The smallest absolute Gasteiger partial charge is 0.306 e. The average Bonchev–Trinajstić information content (AvgIpc) is 3.10. The number of rotatable bonds is 37. The van der Waals surface area contributed by atoms with E-state index in [1.165, 1.54) is 142 Å². The van der Waals surface area contributed by atoms with E-state index in [9.17, 15) is 9.59 Å². The van der Waals surface area contributed by atoms with E-state index in [4.69, 9.17) is 9.47 Å². The number of unbranched alkanes of at least 4 members (excludes halogenated alkanes) is 19. The van der Waals surface area contributed by atoms with Gasteiger partial charge in [-0.05, 0) is 90.3 Å². The maximum absolute atomic E-state index is 12.8. The molecule has 284 valence electrons. The maximum atomic E-state index is 12.8. The topological polar surface area (TPSA) is 67.9 Å². The molecule has 1 fully saturated rings. The van der Waals surface area contributed by atoms with Crippen molar-refractivity contribution in [2.24, 2.45) is 0 Å². The van der Waals surface area contributed by atoms with E-state index >= 15 is 0 Å². The van der Waals surface area contributed by atoms with Crippen LogP contribution in [0.25, 0.3) is 0 Å². The second kappa shape index (κ2) is 36.2. The van der Waals surface area contributed by atoms with Gasteiger partial charge in [-0.1, -0.05) is 129 Å². The molecule has 0 saturated carbocycles. The van der Waals surface area contributed by atoms with E-state index in [0.29, 0.717) is 18.1 Å². The maximum Gasteiger partial charge on any atom is 0.306 e. The molecule has 0 unspecified atom stereocenters. The van der Waals surface area contributed by atoms with Crippen LogP contribution in [-0.2, 0) is 19.1 Å². The Balaban J connectivity index is 2.26. The van der Waals surface area contributed by atoms with Crippen molar-refractivity contribution in [2.75, 3.05) is 39.4 Å². The lowest BCUT2D eigenvalue weighted by atomic mass is 10.0.